The van der Waals surface area contributed by atoms with Gasteiger partial charge in [0.1, 0.15) is 0 Å². The van der Waals surface area contributed by atoms with Crippen molar-refractivity contribution in [2.45, 2.75) is 40.0 Å². The first-order chi connectivity index (χ1) is 22.1. The van der Waals surface area contributed by atoms with Crippen molar-refractivity contribution < 1.29 is 0 Å². The summed E-state index contributed by atoms with van der Waals surface area (Å²) in [5.74, 6) is 0.200. The number of rotatable bonds is 6. The van der Waals surface area contributed by atoms with Crippen LogP contribution in [-0.4, -0.2) is 20.7 Å². The summed E-state index contributed by atoms with van der Waals surface area (Å²) in [5, 5.41) is 0. The Morgan fingerprint density at radius 2 is 1.18 bits per heavy atom. The summed E-state index contributed by atoms with van der Waals surface area (Å²) >= 11 is 0. The zero-order chi connectivity index (χ0) is 30.8. The minimum atomic E-state index is 0.200. The van der Waals surface area contributed by atoms with Crippen LogP contribution < -0.4 is 0 Å². The third-order valence-electron chi connectivity index (χ3n) is 8.91. The highest BCUT2D eigenvalue weighted by Crippen LogP contribution is 2.52. The Balaban J connectivity index is 1.83. The highest BCUT2D eigenvalue weighted by atomic mass is 14.8. The maximum Gasteiger partial charge on any atom is 0.0715 e. The second kappa shape index (κ2) is 12.4. The van der Waals surface area contributed by atoms with Gasteiger partial charge in [-0.1, -0.05) is 73.2 Å². The molecule has 0 N–H and O–H groups in total. The highest BCUT2D eigenvalue weighted by Gasteiger charge is 2.34. The molecule has 1 aliphatic heterocycles. The van der Waals surface area contributed by atoms with Crippen molar-refractivity contribution in [1.29, 1.82) is 0 Å². The van der Waals surface area contributed by atoms with Crippen molar-refractivity contribution in [3.05, 3.63) is 144 Å². The smallest absolute Gasteiger partial charge is 0.0715 e. The lowest BCUT2D eigenvalue weighted by Gasteiger charge is -2.31. The van der Waals surface area contributed by atoms with Gasteiger partial charge in [0.25, 0.3) is 0 Å². The van der Waals surface area contributed by atoms with Crippen LogP contribution in [0.2, 0.25) is 0 Å². The van der Waals surface area contributed by atoms with Crippen LogP contribution in [0.4, 0.5) is 0 Å². The number of benzene rings is 2. The second-order valence-electron chi connectivity index (χ2n) is 11.9. The molecular weight excluding hydrogens is 548 g/mol. The molecule has 1 unspecified atom stereocenters. The van der Waals surface area contributed by atoms with Crippen LogP contribution in [0, 0.1) is 12.8 Å². The zero-order valence-corrected chi connectivity index (χ0v) is 26.0. The predicted molar refractivity (Wildman–Crippen MR) is 187 cm³/mol. The van der Waals surface area contributed by atoms with Gasteiger partial charge in [-0.2, -0.15) is 0 Å². The predicted octanol–water partition coefficient (Wildman–Crippen LogP) is 10.3. The molecule has 0 amide bonds. The molecule has 4 heterocycles. The van der Waals surface area contributed by atoms with Gasteiger partial charge in [-0.3, -0.25) is 19.9 Å². The molecule has 7 rings (SSSR count). The van der Waals surface area contributed by atoms with E-state index in [1.807, 2.05) is 43.0 Å². The van der Waals surface area contributed by atoms with Gasteiger partial charge < -0.3 is 0 Å². The number of nitrogens with zero attached hydrogens (tertiary/aromatic N) is 4. The van der Waals surface area contributed by atoms with E-state index in [-0.39, 0.29) is 5.92 Å². The van der Waals surface area contributed by atoms with Crippen molar-refractivity contribution >= 4 is 11.3 Å². The van der Waals surface area contributed by atoms with Gasteiger partial charge in [0.15, 0.2) is 0 Å². The molecule has 0 spiro atoms. The maximum atomic E-state index is 5.14. The standard InChI is InChI=1S/C41H36N4/c1-27-15-4-6-18-30(27)35-36(31-19-7-5-16-28(31)2)38(33-21-9-12-24-43-33)40(41-29(3)17-14-26-45-41)39(34-22-10-13-25-44-34)37(35)32-20-8-11-23-42-32/h4,6-15,18-26,29H,5,16-17H2,1-3H3. The molecule has 5 aromatic rings. The lowest BCUT2D eigenvalue weighted by atomic mass is 9.73. The van der Waals surface area contributed by atoms with Crippen molar-refractivity contribution in [2.24, 2.45) is 10.9 Å². The highest BCUT2D eigenvalue weighted by molar-refractivity contribution is 6.20. The van der Waals surface area contributed by atoms with E-state index in [2.05, 4.69) is 99.7 Å². The van der Waals surface area contributed by atoms with E-state index < -0.39 is 0 Å². The molecular formula is C41H36N4. The van der Waals surface area contributed by atoms with E-state index in [1.54, 1.807) is 0 Å². The molecule has 45 heavy (non-hydrogen) atoms. The number of aromatic nitrogens is 3. The first-order valence-corrected chi connectivity index (χ1v) is 15.8. The molecule has 0 saturated heterocycles. The van der Waals surface area contributed by atoms with Gasteiger partial charge in [-0.15, -0.1) is 0 Å². The van der Waals surface area contributed by atoms with Crippen molar-refractivity contribution in [3.8, 4) is 44.9 Å². The fourth-order valence-corrected chi connectivity index (χ4v) is 6.72. The Morgan fingerprint density at radius 1 is 0.600 bits per heavy atom. The van der Waals surface area contributed by atoms with E-state index >= 15 is 0 Å². The van der Waals surface area contributed by atoms with Crippen LogP contribution >= 0.6 is 0 Å². The SMILES string of the molecule is CC1=C(c2c(-c3ccccn3)c(C3=NC=CCC3C)c(-c3ccccn3)c(-c3ccccn3)c2-c2ccccc2C)C=CCC1. The van der Waals surface area contributed by atoms with E-state index in [1.165, 1.54) is 27.8 Å². The van der Waals surface area contributed by atoms with Gasteiger partial charge in [0, 0.05) is 64.1 Å². The number of hydrogen-bond acceptors (Lipinski definition) is 4. The van der Waals surface area contributed by atoms with Gasteiger partial charge in [0.2, 0.25) is 0 Å². The largest absolute Gasteiger partial charge is 0.261 e. The first kappa shape index (κ1) is 28.5. The molecule has 0 saturated carbocycles. The van der Waals surface area contributed by atoms with Crippen LogP contribution in [0.15, 0.2) is 132 Å². The zero-order valence-electron chi connectivity index (χ0n) is 26.0. The minimum Gasteiger partial charge on any atom is -0.261 e. The Morgan fingerprint density at radius 3 is 1.73 bits per heavy atom. The number of aliphatic imine (C=N–C) groups is 1. The summed E-state index contributed by atoms with van der Waals surface area (Å²) in [7, 11) is 0. The lowest BCUT2D eigenvalue weighted by molar-refractivity contribution is 0.778. The Hall–Kier alpha value is -5.22. The summed E-state index contributed by atoms with van der Waals surface area (Å²) in [6, 6.07) is 27.3. The van der Waals surface area contributed by atoms with Gasteiger partial charge in [0.05, 0.1) is 22.8 Å². The first-order valence-electron chi connectivity index (χ1n) is 15.8. The van der Waals surface area contributed by atoms with Crippen LogP contribution in [-0.2, 0) is 0 Å². The number of aryl methyl sites for hydroxylation is 1. The van der Waals surface area contributed by atoms with E-state index in [0.717, 1.165) is 69.9 Å². The lowest BCUT2D eigenvalue weighted by Crippen LogP contribution is -2.19. The fraction of sp³-hybridized carbons (Fsp3) is 0.171. The van der Waals surface area contributed by atoms with Crippen molar-refractivity contribution in [1.82, 2.24) is 15.0 Å². The van der Waals surface area contributed by atoms with Crippen LogP contribution in [0.3, 0.4) is 0 Å². The number of allylic oxidation sites excluding steroid dienone is 5. The molecule has 1 atom stereocenters. The Bertz CT molecular complexity index is 1980. The van der Waals surface area contributed by atoms with Crippen molar-refractivity contribution in [3.63, 3.8) is 0 Å². The average Bonchev–Trinajstić information content (AvgIpc) is 3.09. The van der Waals surface area contributed by atoms with Gasteiger partial charge >= 0.3 is 0 Å². The second-order valence-corrected chi connectivity index (χ2v) is 11.9. The molecule has 0 fully saturated rings. The summed E-state index contributed by atoms with van der Waals surface area (Å²) in [4.78, 5) is 20.2. The molecule has 3 aromatic heterocycles. The summed E-state index contributed by atoms with van der Waals surface area (Å²) < 4.78 is 0. The van der Waals surface area contributed by atoms with E-state index in [9.17, 15) is 0 Å². The number of pyridine rings is 3. The topological polar surface area (TPSA) is 51.0 Å². The maximum absolute atomic E-state index is 5.14. The van der Waals surface area contributed by atoms with E-state index in [0.29, 0.717) is 0 Å². The van der Waals surface area contributed by atoms with Gasteiger partial charge in [-0.25, -0.2) is 0 Å². The number of hydrogen-bond donors (Lipinski definition) is 0. The summed E-state index contributed by atoms with van der Waals surface area (Å²) in [6.07, 6.45) is 17.4. The van der Waals surface area contributed by atoms with Crippen LogP contribution in [0.1, 0.15) is 49.8 Å². The summed E-state index contributed by atoms with van der Waals surface area (Å²) in [5.41, 5.74) is 15.4. The molecule has 1 aliphatic carbocycles. The molecule has 4 nitrogen and oxygen atoms in total. The Kier molecular flexibility index (Phi) is 7.87. The fourth-order valence-electron chi connectivity index (χ4n) is 6.72. The molecule has 2 aromatic carbocycles. The quantitative estimate of drug-likeness (QED) is 0.199. The van der Waals surface area contributed by atoms with E-state index in [4.69, 9.17) is 19.9 Å². The average molecular weight is 585 g/mol. The third kappa shape index (κ3) is 5.27. The minimum absolute atomic E-state index is 0.200. The molecule has 4 heteroatoms. The van der Waals surface area contributed by atoms with Crippen molar-refractivity contribution in [2.75, 3.05) is 0 Å². The molecule has 0 radical (unpaired) electrons. The molecule has 2 aliphatic rings. The Labute approximate surface area is 265 Å². The molecule has 220 valence electrons. The summed E-state index contributed by atoms with van der Waals surface area (Å²) in [6.45, 7) is 6.75. The van der Waals surface area contributed by atoms with Gasteiger partial charge in [-0.05, 0) is 86.2 Å². The normalized spacial score (nSPS) is 16.2. The third-order valence-corrected chi connectivity index (χ3v) is 8.91. The molecule has 0 bridgehead atoms. The van der Waals surface area contributed by atoms with Crippen LogP contribution in [0.25, 0.3) is 50.5 Å². The van der Waals surface area contributed by atoms with Crippen LogP contribution in [0.5, 0.6) is 0 Å². The monoisotopic (exact) mass is 584 g/mol.